The summed E-state index contributed by atoms with van der Waals surface area (Å²) in [6.45, 7) is 0. The molecule has 1 atom stereocenters. The molecule has 0 aliphatic rings. The Labute approximate surface area is 119 Å². The lowest BCUT2D eigenvalue weighted by molar-refractivity contribution is 0.0991. The van der Waals surface area contributed by atoms with Crippen LogP contribution < -0.4 is 0 Å². The summed E-state index contributed by atoms with van der Waals surface area (Å²) in [7, 11) is 0. The number of benzene rings is 1. The third-order valence-corrected chi connectivity index (χ3v) is 3.23. The van der Waals surface area contributed by atoms with Crippen LogP contribution in [-0.2, 0) is 0 Å². The van der Waals surface area contributed by atoms with E-state index in [9.17, 15) is 4.79 Å². The van der Waals surface area contributed by atoms with Crippen LogP contribution in [0, 0.1) is 0 Å². The number of Topliss-reactive ketones (excluding diaryl/α,β-unsaturated/α-hetero) is 1. The molecule has 0 N–H and O–H groups in total. The molecule has 0 amide bonds. The van der Waals surface area contributed by atoms with Crippen molar-refractivity contribution in [3.63, 3.8) is 0 Å². The largest absolute Gasteiger partial charge is 0.293 e. The van der Waals surface area contributed by atoms with Crippen molar-refractivity contribution in [2.75, 3.05) is 0 Å². The number of aromatic nitrogens is 1. The van der Waals surface area contributed by atoms with Gasteiger partial charge < -0.3 is 0 Å². The fourth-order valence-corrected chi connectivity index (χ4v) is 2.00. The van der Waals surface area contributed by atoms with Gasteiger partial charge >= 0.3 is 0 Å². The smallest absolute Gasteiger partial charge is 0.180 e. The molecule has 0 aliphatic heterocycles. The number of halogens is 2. The second-order valence-corrected chi connectivity index (χ2v) is 4.29. The first-order chi connectivity index (χ1) is 7.79. The summed E-state index contributed by atoms with van der Waals surface area (Å²) in [5, 5.41) is 0. The molecule has 0 saturated carbocycles. The summed E-state index contributed by atoms with van der Waals surface area (Å²) in [6, 6.07) is 12.9. The summed E-state index contributed by atoms with van der Waals surface area (Å²) < 4.78 is 0. The van der Waals surface area contributed by atoms with E-state index in [0.717, 1.165) is 5.56 Å². The minimum Gasteiger partial charge on any atom is -0.293 e. The molecular formula is C13H11Br2NO. The molecule has 2 rings (SSSR count). The van der Waals surface area contributed by atoms with Gasteiger partial charge in [0, 0.05) is 18.0 Å². The lowest BCUT2D eigenvalue weighted by Gasteiger charge is -2.08. The zero-order chi connectivity index (χ0) is 11.4. The monoisotopic (exact) mass is 355 g/mol. The van der Waals surface area contributed by atoms with Gasteiger partial charge in [0.15, 0.2) is 5.78 Å². The summed E-state index contributed by atoms with van der Waals surface area (Å²) in [5.41, 5.74) is 1.63. The van der Waals surface area contributed by atoms with Gasteiger partial charge in [-0.1, -0.05) is 46.3 Å². The molecule has 4 heteroatoms. The molecule has 2 aromatic rings. The predicted octanol–water partition coefficient (Wildman–Crippen LogP) is 3.98. The van der Waals surface area contributed by atoms with Gasteiger partial charge in [0.25, 0.3) is 0 Å². The molecule has 0 bridgehead atoms. The second-order valence-electron chi connectivity index (χ2n) is 3.37. The van der Waals surface area contributed by atoms with Crippen LogP contribution in [0.5, 0.6) is 0 Å². The van der Waals surface area contributed by atoms with E-state index in [4.69, 9.17) is 0 Å². The minimum atomic E-state index is -0.308. The second kappa shape index (κ2) is 6.67. The SMILES string of the molecule is Br.O=C(c1ccccc1)C(Br)c1ccncc1. The van der Waals surface area contributed by atoms with Gasteiger partial charge in [0.2, 0.25) is 0 Å². The number of carbonyl (C=O) groups is 1. The zero-order valence-electron chi connectivity index (χ0n) is 8.92. The molecule has 0 fully saturated rings. The van der Waals surface area contributed by atoms with Crippen molar-refractivity contribution >= 4 is 38.7 Å². The van der Waals surface area contributed by atoms with Crippen molar-refractivity contribution in [1.82, 2.24) is 4.98 Å². The van der Waals surface area contributed by atoms with E-state index in [2.05, 4.69) is 20.9 Å². The van der Waals surface area contributed by atoms with Crippen LogP contribution in [-0.4, -0.2) is 10.8 Å². The number of carbonyl (C=O) groups excluding carboxylic acids is 1. The Morgan fingerprint density at radius 3 is 2.24 bits per heavy atom. The van der Waals surface area contributed by atoms with E-state index >= 15 is 0 Å². The van der Waals surface area contributed by atoms with Crippen LogP contribution in [0.4, 0.5) is 0 Å². The van der Waals surface area contributed by atoms with Gasteiger partial charge in [-0.25, -0.2) is 0 Å². The average molecular weight is 357 g/mol. The third-order valence-electron chi connectivity index (χ3n) is 2.29. The highest BCUT2D eigenvalue weighted by molar-refractivity contribution is 9.09. The first-order valence-corrected chi connectivity index (χ1v) is 5.84. The van der Waals surface area contributed by atoms with Crippen molar-refractivity contribution in [3.8, 4) is 0 Å². The number of hydrogen-bond acceptors (Lipinski definition) is 2. The number of alkyl halides is 1. The van der Waals surface area contributed by atoms with E-state index in [1.165, 1.54) is 0 Å². The number of nitrogens with zero attached hydrogens (tertiary/aromatic N) is 1. The lowest BCUT2D eigenvalue weighted by Crippen LogP contribution is -2.06. The fourth-order valence-electron chi connectivity index (χ4n) is 1.43. The molecule has 1 aromatic heterocycles. The number of rotatable bonds is 3. The van der Waals surface area contributed by atoms with Crippen LogP contribution in [0.25, 0.3) is 0 Å². The van der Waals surface area contributed by atoms with E-state index < -0.39 is 0 Å². The van der Waals surface area contributed by atoms with Gasteiger partial charge in [0.1, 0.15) is 4.83 Å². The van der Waals surface area contributed by atoms with Crippen LogP contribution in [0.1, 0.15) is 20.7 Å². The van der Waals surface area contributed by atoms with Crippen LogP contribution in [0.15, 0.2) is 54.9 Å². The summed E-state index contributed by atoms with van der Waals surface area (Å²) in [6.07, 6.45) is 3.36. The molecule has 0 saturated heterocycles. The van der Waals surface area contributed by atoms with E-state index in [-0.39, 0.29) is 27.6 Å². The Balaban J connectivity index is 0.00000144. The topological polar surface area (TPSA) is 30.0 Å². The molecule has 2 nitrogen and oxygen atoms in total. The molecule has 1 heterocycles. The van der Waals surface area contributed by atoms with Gasteiger partial charge in [-0.2, -0.15) is 0 Å². The normalized spacial score (nSPS) is 11.4. The van der Waals surface area contributed by atoms with Crippen molar-refractivity contribution in [2.24, 2.45) is 0 Å². The quantitative estimate of drug-likeness (QED) is 0.615. The van der Waals surface area contributed by atoms with Crippen LogP contribution in [0.3, 0.4) is 0 Å². The molecule has 17 heavy (non-hydrogen) atoms. The highest BCUT2D eigenvalue weighted by Gasteiger charge is 2.18. The Kier molecular flexibility index (Phi) is 5.51. The Hall–Kier alpha value is -1.00. The van der Waals surface area contributed by atoms with Gasteiger partial charge in [0.05, 0.1) is 0 Å². The third kappa shape index (κ3) is 3.48. The molecule has 88 valence electrons. The highest BCUT2D eigenvalue weighted by atomic mass is 79.9. The summed E-state index contributed by atoms with van der Waals surface area (Å²) in [4.78, 5) is 15.7. The van der Waals surface area contributed by atoms with Crippen LogP contribution >= 0.6 is 32.9 Å². The number of hydrogen-bond donors (Lipinski definition) is 0. The van der Waals surface area contributed by atoms with Crippen molar-refractivity contribution in [3.05, 3.63) is 66.0 Å². The predicted molar refractivity (Wildman–Crippen MR) is 77.0 cm³/mol. The molecule has 1 aromatic carbocycles. The van der Waals surface area contributed by atoms with Crippen molar-refractivity contribution < 1.29 is 4.79 Å². The highest BCUT2D eigenvalue weighted by Crippen LogP contribution is 2.26. The van der Waals surface area contributed by atoms with E-state index in [1.807, 2.05) is 42.5 Å². The Bertz CT molecular complexity index is 473. The lowest BCUT2D eigenvalue weighted by atomic mass is 10.0. The Morgan fingerprint density at radius 1 is 1.06 bits per heavy atom. The summed E-state index contributed by atoms with van der Waals surface area (Å²) >= 11 is 3.41. The Morgan fingerprint density at radius 2 is 1.65 bits per heavy atom. The summed E-state index contributed by atoms with van der Waals surface area (Å²) in [5.74, 6) is 0.0619. The minimum absolute atomic E-state index is 0. The number of pyridine rings is 1. The molecule has 1 unspecified atom stereocenters. The van der Waals surface area contributed by atoms with Crippen molar-refractivity contribution in [1.29, 1.82) is 0 Å². The number of ketones is 1. The van der Waals surface area contributed by atoms with Gasteiger partial charge in [-0.05, 0) is 17.7 Å². The zero-order valence-corrected chi connectivity index (χ0v) is 12.2. The molecule has 0 radical (unpaired) electrons. The van der Waals surface area contributed by atoms with Gasteiger partial charge in [-0.15, -0.1) is 17.0 Å². The first kappa shape index (κ1) is 14.1. The van der Waals surface area contributed by atoms with Crippen molar-refractivity contribution in [2.45, 2.75) is 4.83 Å². The standard InChI is InChI=1S/C13H10BrNO.BrH/c14-12(10-6-8-15-9-7-10)13(16)11-4-2-1-3-5-11;/h1-9,12H;1H. The molecule has 0 aliphatic carbocycles. The maximum absolute atomic E-state index is 12.1. The average Bonchev–Trinajstić information content (AvgIpc) is 2.39. The van der Waals surface area contributed by atoms with Gasteiger partial charge in [-0.3, -0.25) is 9.78 Å². The first-order valence-electron chi connectivity index (χ1n) is 4.92. The fraction of sp³-hybridized carbons (Fsp3) is 0.0769. The maximum Gasteiger partial charge on any atom is 0.180 e. The van der Waals surface area contributed by atoms with Crippen LogP contribution in [0.2, 0.25) is 0 Å². The van der Waals surface area contributed by atoms with E-state index in [0.29, 0.717) is 5.56 Å². The van der Waals surface area contributed by atoms with E-state index in [1.54, 1.807) is 12.4 Å². The maximum atomic E-state index is 12.1. The molecule has 0 spiro atoms. The molecular weight excluding hydrogens is 346 g/mol.